The third kappa shape index (κ3) is 3.34. The molecular weight excluding hydrogens is 308 g/mol. The molecule has 0 radical (unpaired) electrons. The van der Waals surface area contributed by atoms with Gasteiger partial charge in [-0.25, -0.2) is 8.42 Å². The van der Waals surface area contributed by atoms with E-state index >= 15 is 0 Å². The zero-order chi connectivity index (χ0) is 16.4. The highest BCUT2D eigenvalue weighted by atomic mass is 32.2. The van der Waals surface area contributed by atoms with E-state index in [-0.39, 0.29) is 11.8 Å². The fourth-order valence-corrected chi connectivity index (χ4v) is 3.99. The first-order chi connectivity index (χ1) is 11.0. The van der Waals surface area contributed by atoms with Gasteiger partial charge >= 0.3 is 0 Å². The van der Waals surface area contributed by atoms with Crippen LogP contribution in [0.15, 0.2) is 47.4 Å². The second-order valence-corrected chi connectivity index (χ2v) is 8.25. The minimum absolute atomic E-state index is 0.122. The van der Waals surface area contributed by atoms with Crippen molar-refractivity contribution < 1.29 is 8.42 Å². The summed E-state index contributed by atoms with van der Waals surface area (Å²) in [6.45, 7) is 1.66. The summed E-state index contributed by atoms with van der Waals surface area (Å²) in [4.78, 5) is 0.377. The van der Waals surface area contributed by atoms with Crippen molar-refractivity contribution >= 4 is 21.2 Å². The van der Waals surface area contributed by atoms with Crippen molar-refractivity contribution in [1.82, 2.24) is 0 Å². The summed E-state index contributed by atoms with van der Waals surface area (Å²) in [5.41, 5.74) is 10.2. The van der Waals surface area contributed by atoms with Gasteiger partial charge in [-0.15, -0.1) is 0 Å². The predicted octanol–water partition coefficient (Wildman–Crippen LogP) is 3.55. The Bertz CT molecular complexity index is 798. The number of nitrogen functional groups attached to an aromatic ring is 1. The number of fused-ring (bicyclic) bond motifs is 1. The molecule has 1 aliphatic rings. The number of benzene rings is 2. The summed E-state index contributed by atoms with van der Waals surface area (Å²) < 4.78 is 23.7. The lowest BCUT2D eigenvalue weighted by Gasteiger charge is -2.27. The van der Waals surface area contributed by atoms with E-state index in [1.165, 1.54) is 11.1 Å². The molecule has 1 aliphatic carbocycles. The van der Waals surface area contributed by atoms with Gasteiger partial charge in [0.25, 0.3) is 0 Å². The van der Waals surface area contributed by atoms with Gasteiger partial charge in [-0.2, -0.15) is 0 Å². The third-order valence-corrected chi connectivity index (χ3v) is 6.17. The van der Waals surface area contributed by atoms with Gasteiger partial charge in [0.1, 0.15) is 0 Å². The smallest absolute Gasteiger partial charge is 0.178 e. The van der Waals surface area contributed by atoms with E-state index in [2.05, 4.69) is 17.4 Å². The van der Waals surface area contributed by atoms with Gasteiger partial charge in [-0.05, 0) is 66.8 Å². The number of hydrogen-bond acceptors (Lipinski definition) is 4. The van der Waals surface area contributed by atoms with Gasteiger partial charge in [0.15, 0.2) is 9.84 Å². The van der Waals surface area contributed by atoms with Crippen LogP contribution < -0.4 is 11.1 Å². The summed E-state index contributed by atoms with van der Waals surface area (Å²) in [5.74, 6) is 0.122. The predicted molar refractivity (Wildman–Crippen MR) is 94.3 cm³/mol. The van der Waals surface area contributed by atoms with Crippen LogP contribution in [0, 0.1) is 0 Å². The molecule has 3 rings (SSSR count). The van der Waals surface area contributed by atoms with Crippen molar-refractivity contribution in [3.8, 4) is 0 Å². The molecule has 0 aliphatic heterocycles. The van der Waals surface area contributed by atoms with E-state index < -0.39 is 9.84 Å². The van der Waals surface area contributed by atoms with Crippen LogP contribution in [0.1, 0.15) is 36.9 Å². The Balaban J connectivity index is 1.81. The molecule has 2 aromatic carbocycles. The summed E-state index contributed by atoms with van der Waals surface area (Å²) >= 11 is 0. The van der Waals surface area contributed by atoms with Crippen molar-refractivity contribution in [2.75, 3.05) is 16.8 Å². The lowest BCUT2D eigenvalue weighted by atomic mass is 9.87. The van der Waals surface area contributed by atoms with Crippen molar-refractivity contribution in [1.29, 1.82) is 0 Å². The van der Waals surface area contributed by atoms with Crippen LogP contribution in [0.25, 0.3) is 0 Å². The van der Waals surface area contributed by atoms with Crippen LogP contribution in [-0.4, -0.2) is 14.2 Å². The lowest BCUT2D eigenvalue weighted by Crippen LogP contribution is -2.17. The Morgan fingerprint density at radius 3 is 2.61 bits per heavy atom. The molecule has 5 heteroatoms. The maximum atomic E-state index is 11.9. The molecule has 0 amide bonds. The second-order valence-electron chi connectivity index (χ2n) is 5.98. The maximum absolute atomic E-state index is 11.9. The van der Waals surface area contributed by atoms with Crippen LogP contribution >= 0.6 is 0 Å². The molecule has 0 bridgehead atoms. The number of rotatable bonds is 4. The largest absolute Gasteiger partial charge is 0.399 e. The second kappa shape index (κ2) is 6.24. The highest BCUT2D eigenvalue weighted by Crippen LogP contribution is 2.33. The van der Waals surface area contributed by atoms with Gasteiger partial charge < -0.3 is 11.1 Å². The van der Waals surface area contributed by atoms with Gasteiger partial charge in [-0.1, -0.05) is 13.0 Å². The van der Waals surface area contributed by atoms with Crippen molar-refractivity contribution in [2.24, 2.45) is 0 Å². The molecule has 0 fully saturated rings. The van der Waals surface area contributed by atoms with E-state index in [4.69, 9.17) is 5.73 Å². The standard InChI is InChI=1S/C18H22N2O2S/c1-2-23(21,22)16-9-7-15(8-10-16)20-18-5-3-4-13-12-14(19)6-11-17(13)18/h6-12,18,20H,2-5,19H2,1H3. The topological polar surface area (TPSA) is 72.2 Å². The van der Waals surface area contributed by atoms with Crippen molar-refractivity contribution in [3.05, 3.63) is 53.6 Å². The SMILES string of the molecule is CCS(=O)(=O)c1ccc(NC2CCCc3cc(N)ccc32)cc1. The monoisotopic (exact) mass is 330 g/mol. The molecule has 1 unspecified atom stereocenters. The fourth-order valence-electron chi connectivity index (χ4n) is 3.11. The summed E-state index contributed by atoms with van der Waals surface area (Å²) in [6.07, 6.45) is 3.24. The molecule has 0 heterocycles. The lowest BCUT2D eigenvalue weighted by molar-refractivity contribution is 0.597. The van der Waals surface area contributed by atoms with E-state index in [9.17, 15) is 8.42 Å². The number of anilines is 2. The first-order valence-electron chi connectivity index (χ1n) is 7.97. The molecule has 0 saturated carbocycles. The summed E-state index contributed by atoms with van der Waals surface area (Å²) in [7, 11) is -3.14. The Kier molecular flexibility index (Phi) is 4.31. The average molecular weight is 330 g/mol. The van der Waals surface area contributed by atoms with Gasteiger partial charge in [0.2, 0.25) is 0 Å². The van der Waals surface area contributed by atoms with Gasteiger partial charge in [0.05, 0.1) is 16.7 Å². The maximum Gasteiger partial charge on any atom is 0.178 e. The summed E-state index contributed by atoms with van der Waals surface area (Å²) in [6, 6.07) is 13.4. The molecule has 0 spiro atoms. The van der Waals surface area contributed by atoms with Crippen LogP contribution in [0.5, 0.6) is 0 Å². The molecule has 2 aromatic rings. The van der Waals surface area contributed by atoms with E-state index in [1.54, 1.807) is 19.1 Å². The molecular formula is C18H22N2O2S. The van der Waals surface area contributed by atoms with E-state index in [0.717, 1.165) is 30.6 Å². The number of nitrogens with one attached hydrogen (secondary N) is 1. The molecule has 0 aromatic heterocycles. The fraction of sp³-hybridized carbons (Fsp3) is 0.333. The average Bonchev–Trinajstić information content (AvgIpc) is 2.55. The van der Waals surface area contributed by atoms with Crippen molar-refractivity contribution in [3.63, 3.8) is 0 Å². The van der Waals surface area contributed by atoms with E-state index in [0.29, 0.717) is 4.90 Å². The van der Waals surface area contributed by atoms with Gasteiger partial charge in [0, 0.05) is 11.4 Å². The molecule has 3 N–H and O–H groups in total. The first kappa shape index (κ1) is 15.9. The molecule has 1 atom stereocenters. The highest BCUT2D eigenvalue weighted by Gasteiger charge is 2.20. The third-order valence-electron chi connectivity index (χ3n) is 4.42. The van der Waals surface area contributed by atoms with Crippen LogP contribution in [0.2, 0.25) is 0 Å². The first-order valence-corrected chi connectivity index (χ1v) is 9.62. The minimum Gasteiger partial charge on any atom is -0.399 e. The van der Waals surface area contributed by atoms with Crippen LogP contribution in [0.4, 0.5) is 11.4 Å². The summed E-state index contributed by atoms with van der Waals surface area (Å²) in [5, 5.41) is 3.52. The Morgan fingerprint density at radius 2 is 1.91 bits per heavy atom. The molecule has 0 saturated heterocycles. The highest BCUT2D eigenvalue weighted by molar-refractivity contribution is 7.91. The number of nitrogens with two attached hydrogens (primary N) is 1. The number of hydrogen-bond donors (Lipinski definition) is 2. The number of aryl methyl sites for hydroxylation is 1. The molecule has 122 valence electrons. The van der Waals surface area contributed by atoms with E-state index in [1.807, 2.05) is 18.2 Å². The van der Waals surface area contributed by atoms with Gasteiger partial charge in [-0.3, -0.25) is 0 Å². The Morgan fingerprint density at radius 1 is 1.17 bits per heavy atom. The molecule has 23 heavy (non-hydrogen) atoms. The Hall–Kier alpha value is -2.01. The Labute approximate surface area is 137 Å². The van der Waals surface area contributed by atoms with Crippen LogP contribution in [0.3, 0.4) is 0 Å². The zero-order valence-corrected chi connectivity index (χ0v) is 14.1. The molecule has 4 nitrogen and oxygen atoms in total. The quantitative estimate of drug-likeness (QED) is 0.841. The zero-order valence-electron chi connectivity index (χ0n) is 13.2. The number of sulfone groups is 1. The van der Waals surface area contributed by atoms with Crippen molar-refractivity contribution in [2.45, 2.75) is 37.1 Å². The normalized spacial score (nSPS) is 17.5. The minimum atomic E-state index is -3.14. The van der Waals surface area contributed by atoms with Crippen LogP contribution in [-0.2, 0) is 16.3 Å².